The molecule has 104 valence electrons. The predicted molar refractivity (Wildman–Crippen MR) is 73.8 cm³/mol. The van der Waals surface area contributed by atoms with Crippen molar-refractivity contribution in [2.75, 3.05) is 6.54 Å². The van der Waals surface area contributed by atoms with Gasteiger partial charge in [0.2, 0.25) is 0 Å². The van der Waals surface area contributed by atoms with E-state index in [4.69, 9.17) is 9.94 Å². The second kappa shape index (κ2) is 7.41. The van der Waals surface area contributed by atoms with Gasteiger partial charge in [-0.2, -0.15) is 0 Å². The van der Waals surface area contributed by atoms with Crippen LogP contribution in [0.15, 0.2) is 29.4 Å². The third kappa shape index (κ3) is 4.62. The molecule has 0 aliphatic heterocycles. The Bertz CT molecular complexity index is 441. The SMILES string of the molecule is CCCNC(=O)C(C)Oc1ccc(/C(C)=N/O)cc1. The zero-order valence-corrected chi connectivity index (χ0v) is 11.5. The molecule has 1 unspecified atom stereocenters. The van der Waals surface area contributed by atoms with Gasteiger partial charge in [0, 0.05) is 6.54 Å². The summed E-state index contributed by atoms with van der Waals surface area (Å²) in [4.78, 5) is 11.6. The molecule has 0 bridgehead atoms. The van der Waals surface area contributed by atoms with Crippen LogP contribution in [0.2, 0.25) is 0 Å². The molecule has 1 aromatic carbocycles. The van der Waals surface area contributed by atoms with Gasteiger partial charge in [-0.3, -0.25) is 4.79 Å². The predicted octanol–water partition coefficient (Wildman–Crippen LogP) is 2.18. The summed E-state index contributed by atoms with van der Waals surface area (Å²) in [7, 11) is 0. The molecule has 0 aliphatic carbocycles. The first-order valence-corrected chi connectivity index (χ1v) is 6.32. The summed E-state index contributed by atoms with van der Waals surface area (Å²) in [5.41, 5.74) is 1.33. The topological polar surface area (TPSA) is 70.9 Å². The second-order valence-electron chi connectivity index (χ2n) is 4.26. The van der Waals surface area contributed by atoms with E-state index < -0.39 is 6.10 Å². The fourth-order valence-electron chi connectivity index (χ4n) is 1.48. The highest BCUT2D eigenvalue weighted by atomic mass is 16.5. The van der Waals surface area contributed by atoms with Crippen molar-refractivity contribution in [3.63, 3.8) is 0 Å². The number of oxime groups is 1. The van der Waals surface area contributed by atoms with Gasteiger partial charge >= 0.3 is 0 Å². The van der Waals surface area contributed by atoms with Crippen LogP contribution in [0.5, 0.6) is 5.75 Å². The van der Waals surface area contributed by atoms with E-state index in [-0.39, 0.29) is 5.91 Å². The van der Waals surface area contributed by atoms with E-state index in [0.717, 1.165) is 12.0 Å². The van der Waals surface area contributed by atoms with Gasteiger partial charge in [0.15, 0.2) is 6.10 Å². The van der Waals surface area contributed by atoms with E-state index in [0.29, 0.717) is 18.0 Å². The Balaban J connectivity index is 2.60. The third-order valence-electron chi connectivity index (χ3n) is 2.65. The quantitative estimate of drug-likeness (QED) is 0.470. The number of hydrogen-bond donors (Lipinski definition) is 2. The number of carbonyl (C=O) groups is 1. The summed E-state index contributed by atoms with van der Waals surface area (Å²) in [5, 5.41) is 14.6. The number of carbonyl (C=O) groups excluding carboxylic acids is 1. The maximum Gasteiger partial charge on any atom is 0.260 e. The lowest BCUT2D eigenvalue weighted by Gasteiger charge is -2.14. The number of nitrogens with zero attached hydrogens (tertiary/aromatic N) is 1. The molecular weight excluding hydrogens is 244 g/mol. The summed E-state index contributed by atoms with van der Waals surface area (Å²) >= 11 is 0. The highest BCUT2D eigenvalue weighted by Gasteiger charge is 2.13. The molecule has 1 rings (SSSR count). The fraction of sp³-hybridized carbons (Fsp3) is 0.429. The smallest absolute Gasteiger partial charge is 0.260 e. The average molecular weight is 264 g/mol. The summed E-state index contributed by atoms with van der Waals surface area (Å²) < 4.78 is 5.53. The molecule has 2 N–H and O–H groups in total. The zero-order chi connectivity index (χ0) is 14.3. The number of ether oxygens (including phenoxy) is 1. The molecule has 1 amide bonds. The van der Waals surface area contributed by atoms with Crippen LogP contribution in [0, 0.1) is 0 Å². The highest BCUT2D eigenvalue weighted by molar-refractivity contribution is 5.98. The molecule has 0 fully saturated rings. The first-order valence-electron chi connectivity index (χ1n) is 6.32. The maximum atomic E-state index is 11.6. The zero-order valence-electron chi connectivity index (χ0n) is 11.5. The van der Waals surface area contributed by atoms with Crippen LogP contribution in [0.1, 0.15) is 32.8 Å². The highest BCUT2D eigenvalue weighted by Crippen LogP contribution is 2.14. The van der Waals surface area contributed by atoms with Crippen molar-refractivity contribution in [1.82, 2.24) is 5.32 Å². The van der Waals surface area contributed by atoms with Crippen molar-refractivity contribution < 1.29 is 14.7 Å². The first-order chi connectivity index (χ1) is 9.08. The van der Waals surface area contributed by atoms with Gasteiger partial charge < -0.3 is 15.3 Å². The largest absolute Gasteiger partial charge is 0.481 e. The Morgan fingerprint density at radius 1 is 1.42 bits per heavy atom. The number of benzene rings is 1. The standard InChI is InChI=1S/C14H20N2O3/c1-4-9-15-14(17)11(3)19-13-7-5-12(6-8-13)10(2)16-18/h5-8,11,18H,4,9H2,1-3H3,(H,15,17)/b16-10+. The van der Waals surface area contributed by atoms with Gasteiger partial charge in [-0.05, 0) is 50.1 Å². The van der Waals surface area contributed by atoms with Gasteiger partial charge in [-0.1, -0.05) is 12.1 Å². The average Bonchev–Trinajstić information content (AvgIpc) is 2.44. The molecule has 19 heavy (non-hydrogen) atoms. The van der Waals surface area contributed by atoms with Gasteiger partial charge in [0.25, 0.3) is 5.91 Å². The fourth-order valence-corrected chi connectivity index (χ4v) is 1.48. The molecule has 0 radical (unpaired) electrons. The van der Waals surface area contributed by atoms with Gasteiger partial charge in [0.05, 0.1) is 5.71 Å². The van der Waals surface area contributed by atoms with Crippen molar-refractivity contribution in [1.29, 1.82) is 0 Å². The maximum absolute atomic E-state index is 11.6. The Morgan fingerprint density at radius 2 is 2.05 bits per heavy atom. The molecule has 1 atom stereocenters. The van der Waals surface area contributed by atoms with Crippen molar-refractivity contribution in [2.45, 2.75) is 33.3 Å². The molecule has 5 nitrogen and oxygen atoms in total. The van der Waals surface area contributed by atoms with Crippen molar-refractivity contribution in [2.24, 2.45) is 5.16 Å². The van der Waals surface area contributed by atoms with E-state index >= 15 is 0 Å². The Morgan fingerprint density at radius 3 is 2.58 bits per heavy atom. The summed E-state index contributed by atoms with van der Waals surface area (Å²) in [6.07, 6.45) is 0.359. The monoisotopic (exact) mass is 264 g/mol. The number of amides is 1. The van der Waals surface area contributed by atoms with Crippen LogP contribution in [-0.4, -0.2) is 29.5 Å². The van der Waals surface area contributed by atoms with Crippen LogP contribution in [-0.2, 0) is 4.79 Å². The molecule has 0 saturated heterocycles. The lowest BCUT2D eigenvalue weighted by atomic mass is 10.1. The Hall–Kier alpha value is -2.04. The number of rotatable bonds is 6. The van der Waals surface area contributed by atoms with Gasteiger partial charge in [0.1, 0.15) is 5.75 Å². The van der Waals surface area contributed by atoms with E-state index in [1.807, 2.05) is 6.92 Å². The molecule has 5 heteroatoms. The second-order valence-corrected chi connectivity index (χ2v) is 4.26. The lowest BCUT2D eigenvalue weighted by molar-refractivity contribution is -0.127. The van der Waals surface area contributed by atoms with Crippen LogP contribution in [0.4, 0.5) is 0 Å². The molecule has 0 aliphatic rings. The molecular formula is C14H20N2O3. The number of nitrogens with one attached hydrogen (secondary N) is 1. The van der Waals surface area contributed by atoms with Crippen molar-refractivity contribution >= 4 is 11.6 Å². The first kappa shape index (κ1) is 15.0. The van der Waals surface area contributed by atoms with Gasteiger partial charge in [-0.25, -0.2) is 0 Å². The van der Waals surface area contributed by atoms with E-state index in [9.17, 15) is 4.79 Å². The summed E-state index contributed by atoms with van der Waals surface area (Å²) in [5.74, 6) is 0.479. The molecule has 0 aromatic heterocycles. The third-order valence-corrected chi connectivity index (χ3v) is 2.65. The molecule has 1 aromatic rings. The van der Waals surface area contributed by atoms with Crippen LogP contribution < -0.4 is 10.1 Å². The lowest BCUT2D eigenvalue weighted by Crippen LogP contribution is -2.36. The normalized spacial score (nSPS) is 12.9. The minimum atomic E-state index is -0.537. The van der Waals surface area contributed by atoms with Crippen LogP contribution in [0.3, 0.4) is 0 Å². The van der Waals surface area contributed by atoms with E-state index in [2.05, 4.69) is 10.5 Å². The summed E-state index contributed by atoms with van der Waals surface area (Å²) in [6.45, 7) is 6.06. The van der Waals surface area contributed by atoms with Crippen LogP contribution >= 0.6 is 0 Å². The van der Waals surface area contributed by atoms with Crippen LogP contribution in [0.25, 0.3) is 0 Å². The summed E-state index contributed by atoms with van der Waals surface area (Å²) in [6, 6.07) is 7.04. The van der Waals surface area contributed by atoms with E-state index in [1.165, 1.54) is 0 Å². The van der Waals surface area contributed by atoms with Gasteiger partial charge in [-0.15, -0.1) is 0 Å². The van der Waals surface area contributed by atoms with Crippen molar-refractivity contribution in [3.8, 4) is 5.75 Å². The Kier molecular flexibility index (Phi) is 5.85. The molecule has 0 heterocycles. The van der Waals surface area contributed by atoms with Crippen molar-refractivity contribution in [3.05, 3.63) is 29.8 Å². The number of hydrogen-bond acceptors (Lipinski definition) is 4. The minimum Gasteiger partial charge on any atom is -0.481 e. The van der Waals surface area contributed by atoms with E-state index in [1.54, 1.807) is 38.1 Å². The molecule has 0 spiro atoms. The molecule has 0 saturated carbocycles. The minimum absolute atomic E-state index is 0.126. The Labute approximate surface area is 113 Å².